The summed E-state index contributed by atoms with van der Waals surface area (Å²) in [6, 6.07) is 8.32. The van der Waals surface area contributed by atoms with E-state index in [1.54, 1.807) is 0 Å². The summed E-state index contributed by atoms with van der Waals surface area (Å²) in [6.45, 7) is 7.52. The standard InChI is InChI=1S/C16H18N4S/c1-10(2)9-20-14-11-5-3-4-6-12(11)17-15(19-7-8-19)13(14)18-16(20)21/h3-6,10H,7-9H2,1-2H3,(H,18,21). The fourth-order valence-corrected chi connectivity index (χ4v) is 3.15. The van der Waals surface area contributed by atoms with Crippen LogP contribution < -0.4 is 4.90 Å². The van der Waals surface area contributed by atoms with Crippen molar-refractivity contribution in [3.05, 3.63) is 29.0 Å². The number of anilines is 1. The lowest BCUT2D eigenvalue weighted by Gasteiger charge is -2.11. The van der Waals surface area contributed by atoms with Gasteiger partial charge in [-0.25, -0.2) is 4.98 Å². The summed E-state index contributed by atoms with van der Waals surface area (Å²) in [4.78, 5) is 10.5. The number of nitrogens with zero attached hydrogens (tertiary/aromatic N) is 3. The fraction of sp³-hybridized carbons (Fsp3) is 0.375. The van der Waals surface area contributed by atoms with Gasteiger partial charge in [-0.1, -0.05) is 32.0 Å². The van der Waals surface area contributed by atoms with Gasteiger partial charge in [-0.3, -0.25) is 0 Å². The van der Waals surface area contributed by atoms with Crippen LogP contribution in [0.1, 0.15) is 13.8 Å². The number of benzene rings is 1. The van der Waals surface area contributed by atoms with Crippen molar-refractivity contribution in [3.8, 4) is 0 Å². The van der Waals surface area contributed by atoms with Crippen molar-refractivity contribution < 1.29 is 0 Å². The summed E-state index contributed by atoms with van der Waals surface area (Å²) < 4.78 is 3.02. The lowest BCUT2D eigenvalue weighted by atomic mass is 10.1. The molecule has 5 heteroatoms. The quantitative estimate of drug-likeness (QED) is 0.591. The molecule has 4 rings (SSSR count). The van der Waals surface area contributed by atoms with Crippen molar-refractivity contribution in [2.45, 2.75) is 20.4 Å². The second-order valence-electron chi connectivity index (χ2n) is 6.10. The fourth-order valence-electron chi connectivity index (χ4n) is 2.88. The summed E-state index contributed by atoms with van der Waals surface area (Å²) in [5.41, 5.74) is 3.32. The van der Waals surface area contributed by atoms with Crippen molar-refractivity contribution in [1.82, 2.24) is 14.5 Å². The zero-order chi connectivity index (χ0) is 14.6. The molecule has 0 unspecified atom stereocenters. The molecular weight excluding hydrogens is 280 g/mol. The number of para-hydroxylation sites is 1. The highest BCUT2D eigenvalue weighted by atomic mass is 32.1. The number of hydrogen-bond acceptors (Lipinski definition) is 3. The van der Waals surface area contributed by atoms with E-state index in [0.29, 0.717) is 5.92 Å². The second-order valence-corrected chi connectivity index (χ2v) is 6.48. The van der Waals surface area contributed by atoms with Gasteiger partial charge < -0.3 is 14.5 Å². The summed E-state index contributed by atoms with van der Waals surface area (Å²) in [7, 11) is 0. The van der Waals surface area contributed by atoms with Gasteiger partial charge in [-0.15, -0.1) is 0 Å². The van der Waals surface area contributed by atoms with Crippen LogP contribution in [0.3, 0.4) is 0 Å². The third kappa shape index (κ3) is 2.03. The monoisotopic (exact) mass is 298 g/mol. The maximum Gasteiger partial charge on any atom is 0.178 e. The molecule has 0 bridgehead atoms. The Bertz CT molecular complexity index is 886. The number of nitrogens with one attached hydrogen (secondary N) is 1. The molecule has 21 heavy (non-hydrogen) atoms. The molecule has 4 nitrogen and oxygen atoms in total. The molecule has 0 amide bonds. The van der Waals surface area contributed by atoms with E-state index >= 15 is 0 Å². The molecule has 1 aromatic carbocycles. The first-order valence-corrected chi connectivity index (χ1v) is 7.82. The van der Waals surface area contributed by atoms with Crippen LogP contribution in [0.5, 0.6) is 0 Å². The molecule has 3 heterocycles. The first-order chi connectivity index (χ1) is 10.1. The third-order valence-corrected chi connectivity index (χ3v) is 4.21. The van der Waals surface area contributed by atoms with Crippen LogP contribution in [0.15, 0.2) is 24.3 Å². The Hall–Kier alpha value is -1.88. The van der Waals surface area contributed by atoms with Gasteiger partial charge in [0.1, 0.15) is 5.52 Å². The Balaban J connectivity index is 2.14. The van der Waals surface area contributed by atoms with E-state index in [9.17, 15) is 0 Å². The van der Waals surface area contributed by atoms with Crippen molar-refractivity contribution in [2.24, 2.45) is 5.92 Å². The lowest BCUT2D eigenvalue weighted by Crippen LogP contribution is -2.05. The molecule has 1 fully saturated rings. The lowest BCUT2D eigenvalue weighted by molar-refractivity contribution is 0.529. The van der Waals surface area contributed by atoms with E-state index in [1.165, 1.54) is 10.9 Å². The third-order valence-electron chi connectivity index (χ3n) is 3.89. The zero-order valence-electron chi connectivity index (χ0n) is 12.3. The van der Waals surface area contributed by atoms with Crippen molar-refractivity contribution in [3.63, 3.8) is 0 Å². The molecule has 3 aromatic rings. The van der Waals surface area contributed by atoms with Crippen LogP contribution in [0.25, 0.3) is 21.9 Å². The molecule has 1 aliphatic rings. The molecule has 108 valence electrons. The largest absolute Gasteiger partial charge is 0.351 e. The zero-order valence-corrected chi connectivity index (χ0v) is 13.1. The average molecular weight is 298 g/mol. The maximum atomic E-state index is 5.56. The van der Waals surface area contributed by atoms with Gasteiger partial charge >= 0.3 is 0 Å². The van der Waals surface area contributed by atoms with E-state index in [1.807, 2.05) is 6.07 Å². The molecule has 0 saturated carbocycles. The van der Waals surface area contributed by atoms with Gasteiger partial charge in [-0.2, -0.15) is 0 Å². The van der Waals surface area contributed by atoms with Gasteiger partial charge in [0.25, 0.3) is 0 Å². The number of aromatic nitrogens is 3. The van der Waals surface area contributed by atoms with Crippen molar-refractivity contribution >= 4 is 40.0 Å². The highest BCUT2D eigenvalue weighted by Gasteiger charge is 2.25. The number of rotatable bonds is 3. The number of pyridine rings is 1. The van der Waals surface area contributed by atoms with Crippen LogP contribution in [0.2, 0.25) is 0 Å². The second kappa shape index (κ2) is 4.56. The Morgan fingerprint density at radius 1 is 1.29 bits per heavy atom. The van der Waals surface area contributed by atoms with E-state index < -0.39 is 0 Å². The molecule has 0 atom stereocenters. The Kier molecular flexibility index (Phi) is 2.79. The van der Waals surface area contributed by atoms with E-state index in [-0.39, 0.29) is 0 Å². The van der Waals surface area contributed by atoms with Crippen molar-refractivity contribution in [2.75, 3.05) is 18.0 Å². The number of H-pyrrole nitrogens is 1. The summed E-state index contributed by atoms with van der Waals surface area (Å²) in [5, 5.41) is 1.17. The summed E-state index contributed by atoms with van der Waals surface area (Å²) in [5.74, 6) is 1.59. The molecule has 2 aromatic heterocycles. The van der Waals surface area contributed by atoms with Gasteiger partial charge in [0.05, 0.1) is 11.0 Å². The predicted molar refractivity (Wildman–Crippen MR) is 89.5 cm³/mol. The normalized spacial score (nSPS) is 14.5. The highest BCUT2D eigenvalue weighted by Crippen LogP contribution is 2.33. The van der Waals surface area contributed by atoms with E-state index in [4.69, 9.17) is 17.2 Å². The van der Waals surface area contributed by atoms with E-state index in [0.717, 1.165) is 41.3 Å². The minimum atomic E-state index is 0.548. The van der Waals surface area contributed by atoms with Gasteiger partial charge in [0.15, 0.2) is 10.6 Å². The highest BCUT2D eigenvalue weighted by molar-refractivity contribution is 7.71. The Labute approximate surface area is 128 Å². The topological polar surface area (TPSA) is 36.6 Å². The van der Waals surface area contributed by atoms with Crippen LogP contribution in [-0.2, 0) is 6.54 Å². The minimum Gasteiger partial charge on any atom is -0.351 e. The number of imidazole rings is 1. The molecule has 0 radical (unpaired) electrons. The van der Waals surface area contributed by atoms with Crippen molar-refractivity contribution in [1.29, 1.82) is 0 Å². The Morgan fingerprint density at radius 2 is 2.05 bits per heavy atom. The van der Waals surface area contributed by atoms with Crippen LogP contribution in [0.4, 0.5) is 5.82 Å². The first-order valence-electron chi connectivity index (χ1n) is 7.41. The van der Waals surface area contributed by atoms with Crippen LogP contribution >= 0.6 is 12.2 Å². The Morgan fingerprint density at radius 3 is 2.76 bits per heavy atom. The molecular formula is C16H18N4S. The number of hydrogen-bond donors (Lipinski definition) is 1. The average Bonchev–Trinajstić information content (AvgIpc) is 3.24. The predicted octanol–water partition coefficient (Wildman–Crippen LogP) is 3.72. The van der Waals surface area contributed by atoms with Gasteiger partial charge in [0.2, 0.25) is 0 Å². The summed E-state index contributed by atoms with van der Waals surface area (Å²) in [6.07, 6.45) is 0. The maximum absolute atomic E-state index is 5.56. The van der Waals surface area contributed by atoms with Crippen LogP contribution in [-0.4, -0.2) is 27.6 Å². The molecule has 0 aliphatic carbocycles. The van der Waals surface area contributed by atoms with Gasteiger partial charge in [-0.05, 0) is 24.2 Å². The molecule has 0 spiro atoms. The molecule has 1 aliphatic heterocycles. The van der Waals surface area contributed by atoms with E-state index in [2.05, 4.69) is 46.5 Å². The first kappa shape index (κ1) is 12.8. The van der Waals surface area contributed by atoms with Gasteiger partial charge in [0, 0.05) is 25.0 Å². The number of aromatic amines is 1. The number of fused-ring (bicyclic) bond motifs is 3. The summed E-state index contributed by atoms with van der Waals surface area (Å²) >= 11 is 5.56. The van der Waals surface area contributed by atoms with Crippen LogP contribution in [0, 0.1) is 10.7 Å². The smallest absolute Gasteiger partial charge is 0.178 e. The minimum absolute atomic E-state index is 0.548. The molecule has 1 saturated heterocycles. The SMILES string of the molecule is CC(C)Cn1c(=S)[nH]c2c(N3CC3)nc3ccccc3c21. The molecule has 1 N–H and O–H groups in total.